The molecular formula is C26H32N2O3. The SMILES string of the molecule is C=CCN1CC[C@@]2(c3cccc(O)c3)C[C@H](NC(=O)/C=C/c3ccoc3C)CC[C@@H]2C1. The van der Waals surface area contributed by atoms with Crippen LogP contribution in [0.2, 0.25) is 0 Å². The van der Waals surface area contributed by atoms with Crippen LogP contribution in [0.25, 0.3) is 6.08 Å². The van der Waals surface area contributed by atoms with Gasteiger partial charge in [-0.05, 0) is 74.9 Å². The zero-order valence-electron chi connectivity index (χ0n) is 18.2. The number of likely N-dealkylation sites (tertiary alicyclic amines) is 1. The van der Waals surface area contributed by atoms with Crippen molar-refractivity contribution in [3.63, 3.8) is 0 Å². The molecule has 2 fully saturated rings. The number of phenolic OH excluding ortho intramolecular Hbond substituents is 1. The number of phenols is 1. The van der Waals surface area contributed by atoms with E-state index in [0.717, 1.165) is 56.6 Å². The Kier molecular flexibility index (Phi) is 6.33. The van der Waals surface area contributed by atoms with E-state index in [1.54, 1.807) is 24.5 Å². The van der Waals surface area contributed by atoms with Crippen molar-refractivity contribution < 1.29 is 14.3 Å². The van der Waals surface area contributed by atoms with E-state index in [-0.39, 0.29) is 17.4 Å². The van der Waals surface area contributed by atoms with E-state index in [4.69, 9.17) is 4.42 Å². The lowest BCUT2D eigenvalue weighted by Crippen LogP contribution is -2.56. The molecule has 164 valence electrons. The van der Waals surface area contributed by atoms with Gasteiger partial charge < -0.3 is 14.8 Å². The number of nitrogens with one attached hydrogen (secondary N) is 1. The number of hydrogen-bond donors (Lipinski definition) is 2. The molecule has 5 heteroatoms. The van der Waals surface area contributed by atoms with Crippen LogP contribution in [-0.4, -0.2) is 41.6 Å². The van der Waals surface area contributed by atoms with E-state index < -0.39 is 0 Å². The van der Waals surface area contributed by atoms with Crippen LogP contribution in [0.5, 0.6) is 5.75 Å². The summed E-state index contributed by atoms with van der Waals surface area (Å²) in [6, 6.07) is 9.70. The number of piperidine rings is 1. The number of rotatable bonds is 6. The molecule has 1 aromatic heterocycles. The van der Waals surface area contributed by atoms with Crippen molar-refractivity contribution in [3.05, 3.63) is 72.2 Å². The van der Waals surface area contributed by atoms with Gasteiger partial charge in [-0.15, -0.1) is 6.58 Å². The molecule has 2 aliphatic rings. The summed E-state index contributed by atoms with van der Waals surface area (Å²) in [7, 11) is 0. The van der Waals surface area contributed by atoms with Gasteiger partial charge in [0.1, 0.15) is 11.5 Å². The van der Waals surface area contributed by atoms with E-state index in [0.29, 0.717) is 11.7 Å². The highest BCUT2D eigenvalue weighted by Crippen LogP contribution is 2.49. The van der Waals surface area contributed by atoms with Crippen LogP contribution in [0.15, 0.2) is 59.7 Å². The number of carbonyl (C=O) groups is 1. The molecule has 0 radical (unpaired) electrons. The van der Waals surface area contributed by atoms with Crippen molar-refractivity contribution in [1.29, 1.82) is 0 Å². The fraction of sp³-hybridized carbons (Fsp3) is 0.423. The molecule has 31 heavy (non-hydrogen) atoms. The van der Waals surface area contributed by atoms with Crippen molar-refractivity contribution in [3.8, 4) is 5.75 Å². The maximum atomic E-state index is 12.6. The molecule has 1 aliphatic heterocycles. The van der Waals surface area contributed by atoms with E-state index in [1.807, 2.05) is 31.2 Å². The maximum Gasteiger partial charge on any atom is 0.244 e. The molecule has 2 aromatic rings. The minimum Gasteiger partial charge on any atom is -0.508 e. The monoisotopic (exact) mass is 420 g/mol. The molecule has 3 atom stereocenters. The predicted octanol–water partition coefficient (Wildman–Crippen LogP) is 4.42. The van der Waals surface area contributed by atoms with Gasteiger partial charge in [-0.1, -0.05) is 18.2 Å². The maximum absolute atomic E-state index is 12.6. The average molecular weight is 421 g/mol. The average Bonchev–Trinajstić information content (AvgIpc) is 3.17. The van der Waals surface area contributed by atoms with Crippen molar-refractivity contribution >= 4 is 12.0 Å². The second-order valence-electron chi connectivity index (χ2n) is 8.95. The third-order valence-corrected chi connectivity index (χ3v) is 7.08. The normalized spacial score (nSPS) is 26.5. The Morgan fingerprint density at radius 3 is 3.00 bits per heavy atom. The zero-order chi connectivity index (χ0) is 21.8. The standard InChI is InChI=1S/C26H32N2O3/c1-3-13-28-14-12-26(21-5-4-6-24(29)16-21)17-23(9-8-22(26)18-28)27-25(30)10-7-20-11-15-31-19(20)2/h3-7,10-11,15-16,22-23,29H,1,8-9,12-14,17-18H2,2H3,(H,27,30)/b10-7+/t22-,23-,26+/m1/s1. The molecule has 2 N–H and O–H groups in total. The smallest absolute Gasteiger partial charge is 0.244 e. The molecule has 1 saturated carbocycles. The minimum absolute atomic E-state index is 0.0303. The van der Waals surface area contributed by atoms with E-state index in [2.05, 4.69) is 22.9 Å². The Hall–Kier alpha value is -2.79. The third-order valence-electron chi connectivity index (χ3n) is 7.08. The summed E-state index contributed by atoms with van der Waals surface area (Å²) in [5.41, 5.74) is 2.08. The van der Waals surface area contributed by atoms with Crippen LogP contribution in [0, 0.1) is 12.8 Å². The first-order valence-corrected chi connectivity index (χ1v) is 11.2. The largest absolute Gasteiger partial charge is 0.508 e. The van der Waals surface area contributed by atoms with Crippen molar-refractivity contribution in [2.24, 2.45) is 5.92 Å². The number of aromatic hydroxyl groups is 1. The number of carbonyl (C=O) groups excluding carboxylic acids is 1. The van der Waals surface area contributed by atoms with Gasteiger partial charge in [0.05, 0.1) is 6.26 Å². The number of hydrogen-bond acceptors (Lipinski definition) is 4. The zero-order valence-corrected chi connectivity index (χ0v) is 18.2. The van der Waals surface area contributed by atoms with Gasteiger partial charge >= 0.3 is 0 Å². The van der Waals surface area contributed by atoms with Gasteiger partial charge in [0.25, 0.3) is 0 Å². The van der Waals surface area contributed by atoms with E-state index >= 15 is 0 Å². The Morgan fingerprint density at radius 1 is 1.39 bits per heavy atom. The molecule has 0 unspecified atom stereocenters. The number of fused-ring (bicyclic) bond motifs is 1. The fourth-order valence-electron chi connectivity index (χ4n) is 5.49. The summed E-state index contributed by atoms with van der Waals surface area (Å²) in [4.78, 5) is 15.1. The third kappa shape index (κ3) is 4.62. The fourth-order valence-corrected chi connectivity index (χ4v) is 5.49. The highest BCUT2D eigenvalue weighted by Gasteiger charge is 2.48. The van der Waals surface area contributed by atoms with Crippen LogP contribution in [0.3, 0.4) is 0 Å². The first-order valence-electron chi connectivity index (χ1n) is 11.2. The van der Waals surface area contributed by atoms with Crippen LogP contribution in [-0.2, 0) is 10.2 Å². The minimum atomic E-state index is -0.0702. The lowest BCUT2D eigenvalue weighted by atomic mass is 9.58. The molecule has 0 bridgehead atoms. The second kappa shape index (κ2) is 9.15. The van der Waals surface area contributed by atoms with Crippen molar-refractivity contribution in [2.45, 2.75) is 44.1 Å². The van der Waals surface area contributed by atoms with Gasteiger partial charge in [-0.2, -0.15) is 0 Å². The molecular weight excluding hydrogens is 388 g/mol. The van der Waals surface area contributed by atoms with Crippen molar-refractivity contribution in [2.75, 3.05) is 19.6 Å². The predicted molar refractivity (Wildman–Crippen MR) is 123 cm³/mol. The molecule has 0 spiro atoms. The summed E-state index contributed by atoms with van der Waals surface area (Å²) in [5.74, 6) is 1.54. The number of benzene rings is 1. The highest BCUT2D eigenvalue weighted by molar-refractivity contribution is 5.92. The van der Waals surface area contributed by atoms with Gasteiger partial charge in [-0.25, -0.2) is 0 Å². The molecule has 1 aliphatic carbocycles. The van der Waals surface area contributed by atoms with E-state index in [9.17, 15) is 9.90 Å². The molecule has 1 aromatic carbocycles. The molecule has 2 heterocycles. The van der Waals surface area contributed by atoms with Crippen LogP contribution in [0.1, 0.15) is 42.6 Å². The topological polar surface area (TPSA) is 65.7 Å². The van der Waals surface area contributed by atoms with E-state index in [1.165, 1.54) is 5.56 Å². The Morgan fingerprint density at radius 2 is 2.26 bits per heavy atom. The lowest BCUT2D eigenvalue weighted by Gasteiger charge is -2.53. The second-order valence-corrected chi connectivity index (χ2v) is 8.95. The van der Waals surface area contributed by atoms with Crippen LogP contribution < -0.4 is 5.32 Å². The van der Waals surface area contributed by atoms with Gasteiger partial charge in [0.15, 0.2) is 0 Å². The van der Waals surface area contributed by atoms with Gasteiger partial charge in [-0.3, -0.25) is 9.69 Å². The highest BCUT2D eigenvalue weighted by atomic mass is 16.3. The molecule has 4 rings (SSSR count). The summed E-state index contributed by atoms with van der Waals surface area (Å²) in [6.07, 6.45) is 10.9. The summed E-state index contributed by atoms with van der Waals surface area (Å²) >= 11 is 0. The molecule has 1 saturated heterocycles. The Labute approximate surface area is 184 Å². The first kappa shape index (κ1) is 21.4. The molecule has 5 nitrogen and oxygen atoms in total. The molecule has 1 amide bonds. The van der Waals surface area contributed by atoms with Crippen molar-refractivity contribution in [1.82, 2.24) is 10.2 Å². The van der Waals surface area contributed by atoms with Crippen LogP contribution in [0.4, 0.5) is 0 Å². The summed E-state index contributed by atoms with van der Waals surface area (Å²) in [5, 5.41) is 13.4. The van der Waals surface area contributed by atoms with Gasteiger partial charge in [0.2, 0.25) is 5.91 Å². The van der Waals surface area contributed by atoms with Crippen LogP contribution >= 0.6 is 0 Å². The number of furan rings is 1. The number of aryl methyl sites for hydroxylation is 1. The summed E-state index contributed by atoms with van der Waals surface area (Å²) < 4.78 is 5.29. The number of amides is 1. The number of nitrogens with zero attached hydrogens (tertiary/aromatic N) is 1. The van der Waals surface area contributed by atoms with Gasteiger partial charge in [0, 0.05) is 36.2 Å². The lowest BCUT2D eigenvalue weighted by molar-refractivity contribution is -0.117. The summed E-state index contributed by atoms with van der Waals surface area (Å²) in [6.45, 7) is 8.72. The Bertz CT molecular complexity index is 963. The Balaban J connectivity index is 1.51. The quantitative estimate of drug-likeness (QED) is 0.536. The first-order chi connectivity index (χ1) is 15.0.